The first kappa shape index (κ1) is 13.1. The molecule has 15 heavy (non-hydrogen) atoms. The van der Waals surface area contributed by atoms with Gasteiger partial charge >= 0.3 is 5.97 Å². The van der Waals surface area contributed by atoms with Crippen LogP contribution in [0.4, 0.5) is 5.69 Å². The smallest absolute Gasteiger partial charge is 0.335 e. The minimum absolute atomic E-state index is 0. The van der Waals surface area contributed by atoms with Crippen LogP contribution >= 0.6 is 12.2 Å². The van der Waals surface area contributed by atoms with Gasteiger partial charge in [-0.05, 0) is 24.4 Å². The number of carbonyl (C=O) groups is 1. The fraction of sp³-hybridized carbons (Fsp3) is 0. The van der Waals surface area contributed by atoms with E-state index in [1.807, 2.05) is 0 Å². The lowest BCUT2D eigenvalue weighted by molar-refractivity contribution is -0.268. The topological polar surface area (TPSA) is 135 Å². The summed E-state index contributed by atoms with van der Waals surface area (Å²) in [7, 11) is 0. The molecule has 0 saturated carbocycles. The minimum atomic E-state index is -1.28. The summed E-state index contributed by atoms with van der Waals surface area (Å²) >= 11 is 4.56. The highest BCUT2D eigenvalue weighted by atomic mass is 32.1. The second-order valence-electron chi connectivity index (χ2n) is 2.51. The summed E-state index contributed by atoms with van der Waals surface area (Å²) in [6.07, 6.45) is 0. The quantitative estimate of drug-likeness (QED) is 0.545. The van der Waals surface area contributed by atoms with E-state index in [9.17, 15) is 9.90 Å². The van der Waals surface area contributed by atoms with Crippen LogP contribution in [0.15, 0.2) is 18.2 Å². The number of hydrogen-bond acceptors (Lipinski definition) is 3. The molecule has 0 unspecified atom stereocenters. The van der Waals surface area contributed by atoms with E-state index < -0.39 is 11.7 Å². The first-order valence-electron chi connectivity index (χ1n) is 3.61. The van der Waals surface area contributed by atoms with Crippen LogP contribution in [0.3, 0.4) is 0 Å². The average Bonchev–Trinajstić information content (AvgIpc) is 2.07. The molecule has 82 valence electrons. The van der Waals surface area contributed by atoms with E-state index in [0.29, 0.717) is 5.69 Å². The van der Waals surface area contributed by atoms with Crippen LogP contribution in [0.1, 0.15) is 10.4 Å². The summed E-state index contributed by atoms with van der Waals surface area (Å²) in [6, 6.07) is 3.74. The van der Waals surface area contributed by atoms with Gasteiger partial charge in [0.05, 0.1) is 5.56 Å². The molecule has 0 spiro atoms. The molecule has 8 N–H and O–H groups in total. The largest absolute Gasteiger partial charge is 0.872 e. The molecule has 0 atom stereocenters. The average molecular weight is 229 g/mol. The summed E-state index contributed by atoms with van der Waals surface area (Å²) in [5.74, 6) is -1.83. The second-order valence-corrected chi connectivity index (χ2v) is 2.95. The third kappa shape index (κ3) is 3.41. The van der Waals surface area contributed by atoms with E-state index in [-0.39, 0.29) is 16.8 Å². The van der Waals surface area contributed by atoms with Crippen molar-refractivity contribution in [3.05, 3.63) is 23.8 Å². The summed E-state index contributed by atoms with van der Waals surface area (Å²) in [6.45, 7) is 0. The lowest BCUT2D eigenvalue weighted by Gasteiger charge is -2.12. The molecule has 0 amide bonds. The Hall–Kier alpha value is -1.86. The molecule has 0 aliphatic carbocycles. The summed E-state index contributed by atoms with van der Waals surface area (Å²) < 4.78 is 0. The molecule has 0 heterocycles. The zero-order valence-electron chi connectivity index (χ0n) is 7.98. The van der Waals surface area contributed by atoms with Crippen LogP contribution in [-0.4, -0.2) is 16.2 Å². The fourth-order valence-corrected chi connectivity index (χ4v) is 1.03. The van der Waals surface area contributed by atoms with Crippen molar-refractivity contribution in [3.8, 4) is 5.75 Å². The van der Waals surface area contributed by atoms with E-state index in [1.165, 1.54) is 12.1 Å². The van der Waals surface area contributed by atoms with Gasteiger partial charge in [-0.15, -0.1) is 0 Å². The lowest BCUT2D eigenvalue weighted by atomic mass is 10.2. The van der Waals surface area contributed by atoms with Gasteiger partial charge in [-0.25, -0.2) is 4.79 Å². The van der Waals surface area contributed by atoms with Crippen molar-refractivity contribution in [1.29, 1.82) is 0 Å². The van der Waals surface area contributed by atoms with Crippen molar-refractivity contribution in [3.63, 3.8) is 0 Å². The molecular weight excluding hydrogens is 218 g/mol. The number of quaternary nitrogens is 1. The number of carboxylic acids is 1. The molecule has 0 fully saturated rings. The van der Waals surface area contributed by atoms with Crippen molar-refractivity contribution >= 4 is 29.0 Å². The number of benzene rings is 1. The van der Waals surface area contributed by atoms with Gasteiger partial charge < -0.3 is 27.4 Å². The molecule has 6 nitrogen and oxygen atoms in total. The molecule has 0 aliphatic rings. The molecule has 1 rings (SSSR count). The van der Waals surface area contributed by atoms with Crippen LogP contribution in [0.25, 0.3) is 0 Å². The van der Waals surface area contributed by atoms with Crippen molar-refractivity contribution in [2.24, 2.45) is 5.73 Å². The van der Waals surface area contributed by atoms with Crippen molar-refractivity contribution in [1.82, 2.24) is 6.15 Å². The summed E-state index contributed by atoms with van der Waals surface area (Å²) in [5.41, 5.74) is 5.25. The molecule has 0 saturated heterocycles. The summed E-state index contributed by atoms with van der Waals surface area (Å²) in [5, 5.41) is 22.2. The molecule has 0 aliphatic heterocycles. The Bertz CT molecular complexity index is 395. The maximum atomic E-state index is 11.0. The molecule has 1 aromatic rings. The monoisotopic (exact) mass is 229 g/mol. The zero-order chi connectivity index (χ0) is 10.7. The molecule has 0 radical (unpaired) electrons. The summed E-state index contributed by atoms with van der Waals surface area (Å²) in [4.78, 5) is 10.6. The first-order valence-corrected chi connectivity index (χ1v) is 4.02. The predicted molar refractivity (Wildman–Crippen MR) is 59.2 cm³/mol. The van der Waals surface area contributed by atoms with Crippen LogP contribution in [0.5, 0.6) is 5.75 Å². The molecule has 7 heteroatoms. The van der Waals surface area contributed by atoms with E-state index >= 15 is 0 Å². The Kier molecular flexibility index (Phi) is 4.49. The highest BCUT2D eigenvalue weighted by molar-refractivity contribution is 7.80. The number of hydrogen-bond donors (Lipinski definition) is 4. The number of aromatic carboxylic acids is 1. The Morgan fingerprint density at radius 1 is 1.53 bits per heavy atom. The number of nitrogens with one attached hydrogen (secondary N) is 1. The maximum absolute atomic E-state index is 11.0. The number of thiocarbonyl (C=S) groups is 1. The normalized spacial score (nSPS) is 8.80. The molecule has 1 aromatic carbocycles. The Balaban J connectivity index is 0.00000196. The second kappa shape index (κ2) is 5.13. The van der Waals surface area contributed by atoms with Crippen molar-refractivity contribution < 1.29 is 15.0 Å². The number of rotatable bonds is 2. The van der Waals surface area contributed by atoms with E-state index in [2.05, 4.69) is 17.5 Å². The van der Waals surface area contributed by atoms with Gasteiger partial charge in [0, 0.05) is 5.69 Å². The van der Waals surface area contributed by atoms with E-state index in [4.69, 9.17) is 10.8 Å². The fourth-order valence-electron chi connectivity index (χ4n) is 0.917. The maximum Gasteiger partial charge on any atom is 0.335 e. The van der Waals surface area contributed by atoms with Gasteiger partial charge in [0.2, 0.25) is 0 Å². The van der Waals surface area contributed by atoms with Crippen LogP contribution in [0, 0.1) is 0 Å². The van der Waals surface area contributed by atoms with Crippen molar-refractivity contribution in [2.45, 2.75) is 0 Å². The Morgan fingerprint density at radius 3 is 2.60 bits per heavy atom. The first-order chi connectivity index (χ1) is 6.50. The van der Waals surface area contributed by atoms with Crippen LogP contribution in [-0.2, 0) is 0 Å². The molecule has 0 bridgehead atoms. The third-order valence-corrected chi connectivity index (χ3v) is 1.58. The number of nitrogens with two attached hydrogens (primary N) is 1. The van der Waals surface area contributed by atoms with Crippen molar-refractivity contribution in [2.75, 3.05) is 5.32 Å². The van der Waals surface area contributed by atoms with Gasteiger partial charge in [0.25, 0.3) is 0 Å². The molecular formula is C8H11N3O3S. The van der Waals surface area contributed by atoms with E-state index in [1.54, 1.807) is 0 Å². The predicted octanol–water partition coefficient (Wildman–Crippen LogP) is 0.490. The van der Waals surface area contributed by atoms with Gasteiger partial charge in [0.15, 0.2) is 5.11 Å². The lowest BCUT2D eigenvalue weighted by Crippen LogP contribution is -2.19. The van der Waals surface area contributed by atoms with Crippen LogP contribution < -0.4 is 22.3 Å². The Labute approximate surface area is 91.3 Å². The van der Waals surface area contributed by atoms with E-state index in [0.717, 1.165) is 6.07 Å². The SMILES string of the molecule is NC(=S)Nc1ccc([O-])c(C(=O)O)c1.[NH4+]. The van der Waals surface area contributed by atoms with Gasteiger partial charge in [-0.3, -0.25) is 0 Å². The van der Waals surface area contributed by atoms with Gasteiger partial charge in [0.1, 0.15) is 0 Å². The minimum Gasteiger partial charge on any atom is -0.872 e. The number of carboxylic acid groups (broad SMARTS) is 1. The highest BCUT2D eigenvalue weighted by Gasteiger charge is 2.04. The Morgan fingerprint density at radius 2 is 2.13 bits per heavy atom. The third-order valence-electron chi connectivity index (χ3n) is 1.48. The van der Waals surface area contributed by atoms with Gasteiger partial charge in [-0.1, -0.05) is 11.8 Å². The highest BCUT2D eigenvalue weighted by Crippen LogP contribution is 2.18. The van der Waals surface area contributed by atoms with Crippen LogP contribution in [0.2, 0.25) is 0 Å². The number of anilines is 1. The molecule has 0 aromatic heterocycles. The van der Waals surface area contributed by atoms with Gasteiger partial charge in [-0.2, -0.15) is 0 Å². The zero-order valence-corrected chi connectivity index (χ0v) is 8.80. The standard InChI is InChI=1S/C8H8N2O3S.H3N/c9-8(14)10-4-1-2-6(11)5(3-4)7(12)13;/h1-3,11H,(H,12,13)(H3,9,10,14);1H3.